The van der Waals surface area contributed by atoms with Crippen LogP contribution in [0, 0.1) is 11.8 Å². The van der Waals surface area contributed by atoms with Crippen LogP contribution in [-0.2, 0) is 10.9 Å². The highest BCUT2D eigenvalue weighted by atomic mass is 19.4. The van der Waals surface area contributed by atoms with Crippen molar-refractivity contribution in [2.24, 2.45) is 11.8 Å². The summed E-state index contributed by atoms with van der Waals surface area (Å²) in [7, 11) is 0. The molecule has 1 aromatic rings. The van der Waals surface area contributed by atoms with Crippen molar-refractivity contribution >= 4 is 12.2 Å². The van der Waals surface area contributed by atoms with Gasteiger partial charge >= 0.3 is 12.3 Å². The second kappa shape index (κ2) is 6.59. The maximum Gasteiger partial charge on any atom is 0.416 e. The first-order chi connectivity index (χ1) is 12.0. The average Bonchev–Trinajstić information content (AvgIpc) is 3.28. The summed E-state index contributed by atoms with van der Waals surface area (Å²) in [5.74, 6) is 1.09. The van der Waals surface area contributed by atoms with Gasteiger partial charge in [-0.25, -0.2) is 4.79 Å². The number of carbonyl (C=O) groups excluding carboxylic acids is 1. The summed E-state index contributed by atoms with van der Waals surface area (Å²) in [6.07, 6.45) is 1.58. The molecule has 3 atom stereocenters. The molecule has 0 aromatic carbocycles. The van der Waals surface area contributed by atoms with Crippen LogP contribution in [0.5, 0.6) is 0 Å². The van der Waals surface area contributed by atoms with Crippen LogP contribution in [0.4, 0.5) is 18.0 Å². The highest BCUT2D eigenvalue weighted by Gasteiger charge is 2.47. The number of aromatic nitrogens is 1. The first-order valence-electron chi connectivity index (χ1n) is 8.74. The monoisotopic (exact) mass is 368 g/mol. The van der Waals surface area contributed by atoms with Crippen LogP contribution in [0.25, 0.3) is 6.08 Å². The number of ether oxygens (including phenoxy) is 1. The molecule has 2 fully saturated rings. The zero-order valence-corrected chi connectivity index (χ0v) is 15.1. The Kier molecular flexibility index (Phi) is 4.75. The second-order valence-electron chi connectivity index (χ2n) is 8.02. The van der Waals surface area contributed by atoms with Crippen molar-refractivity contribution in [3.05, 3.63) is 35.7 Å². The quantitative estimate of drug-likeness (QED) is 0.756. The second-order valence-corrected chi connectivity index (χ2v) is 8.02. The molecule has 3 rings (SSSR count). The minimum Gasteiger partial charge on any atom is -0.444 e. The molecule has 0 bridgehead atoms. The van der Waals surface area contributed by atoms with E-state index in [1.54, 1.807) is 17.1 Å². The molecule has 7 heteroatoms. The molecule has 1 amide bonds. The van der Waals surface area contributed by atoms with Gasteiger partial charge in [0.05, 0.1) is 17.3 Å². The number of likely N-dealkylation sites (tertiary alicyclic amines) is 1. The number of fused-ring (bicyclic) bond motifs is 1. The molecule has 2 heterocycles. The van der Waals surface area contributed by atoms with Crippen molar-refractivity contribution < 1.29 is 22.7 Å². The fourth-order valence-corrected chi connectivity index (χ4v) is 3.29. The Bertz CT molecular complexity index is 709. The summed E-state index contributed by atoms with van der Waals surface area (Å²) in [6, 6.07) is 1.77. The largest absolute Gasteiger partial charge is 0.444 e. The zero-order valence-electron chi connectivity index (χ0n) is 15.1. The molecule has 0 unspecified atom stereocenters. The lowest BCUT2D eigenvalue weighted by Crippen LogP contribution is -2.46. The van der Waals surface area contributed by atoms with Gasteiger partial charge in [-0.2, -0.15) is 13.2 Å². The molecule has 0 spiro atoms. The van der Waals surface area contributed by atoms with Crippen molar-refractivity contribution in [1.82, 2.24) is 9.88 Å². The van der Waals surface area contributed by atoms with E-state index in [1.165, 1.54) is 0 Å². The van der Waals surface area contributed by atoms with Crippen LogP contribution >= 0.6 is 0 Å². The smallest absolute Gasteiger partial charge is 0.416 e. The normalized spacial score (nSPS) is 25.9. The first-order valence-corrected chi connectivity index (χ1v) is 8.74. The molecule has 1 saturated carbocycles. The molecular formula is C19H23F3N2O2. The van der Waals surface area contributed by atoms with Crippen LogP contribution < -0.4 is 0 Å². The van der Waals surface area contributed by atoms with Crippen molar-refractivity contribution in [2.45, 2.75) is 51.4 Å². The molecule has 1 aliphatic carbocycles. The topological polar surface area (TPSA) is 42.4 Å². The van der Waals surface area contributed by atoms with Gasteiger partial charge in [0.15, 0.2) is 0 Å². The van der Waals surface area contributed by atoms with E-state index in [1.807, 2.05) is 20.8 Å². The molecular weight excluding hydrogens is 345 g/mol. The Balaban J connectivity index is 1.75. The molecule has 2 aliphatic rings. The lowest BCUT2D eigenvalue weighted by atomic mass is 10.0. The first kappa shape index (κ1) is 18.7. The van der Waals surface area contributed by atoms with Gasteiger partial charge in [0.2, 0.25) is 0 Å². The Morgan fingerprint density at radius 2 is 2.00 bits per heavy atom. The van der Waals surface area contributed by atoms with Crippen LogP contribution in [0.1, 0.15) is 44.9 Å². The van der Waals surface area contributed by atoms with Gasteiger partial charge in [0.25, 0.3) is 0 Å². The fourth-order valence-electron chi connectivity index (χ4n) is 3.29. The van der Waals surface area contributed by atoms with Crippen LogP contribution in [-0.4, -0.2) is 34.2 Å². The third-order valence-corrected chi connectivity index (χ3v) is 4.67. The number of amides is 1. The molecule has 142 valence electrons. The number of piperidine rings is 1. The summed E-state index contributed by atoms with van der Waals surface area (Å²) in [6.45, 7) is 6.06. The van der Waals surface area contributed by atoms with Crippen molar-refractivity contribution in [3.8, 4) is 0 Å². The Labute approximate surface area is 151 Å². The summed E-state index contributed by atoms with van der Waals surface area (Å²) in [5, 5.41) is 0. The Hall–Kier alpha value is -2.05. The van der Waals surface area contributed by atoms with E-state index in [2.05, 4.69) is 4.98 Å². The van der Waals surface area contributed by atoms with Crippen LogP contribution in [0.3, 0.4) is 0 Å². The van der Waals surface area contributed by atoms with E-state index in [0.29, 0.717) is 18.4 Å². The number of pyridine rings is 1. The number of nitrogens with zero attached hydrogens (tertiary/aromatic N) is 2. The average molecular weight is 368 g/mol. The summed E-state index contributed by atoms with van der Waals surface area (Å²) in [5.41, 5.74) is -1.10. The Morgan fingerprint density at radius 3 is 2.65 bits per heavy atom. The molecule has 1 saturated heterocycles. The van der Waals surface area contributed by atoms with E-state index in [9.17, 15) is 18.0 Å². The predicted molar refractivity (Wildman–Crippen MR) is 91.2 cm³/mol. The lowest BCUT2D eigenvalue weighted by molar-refractivity contribution is -0.137. The summed E-state index contributed by atoms with van der Waals surface area (Å²) in [4.78, 5) is 18.1. The fraction of sp³-hybridized carbons (Fsp3) is 0.579. The maximum atomic E-state index is 12.8. The van der Waals surface area contributed by atoms with E-state index in [4.69, 9.17) is 4.74 Å². The van der Waals surface area contributed by atoms with E-state index in [0.717, 1.165) is 31.2 Å². The number of halogens is 3. The molecule has 26 heavy (non-hydrogen) atoms. The zero-order chi connectivity index (χ0) is 19.1. The van der Waals surface area contributed by atoms with Gasteiger partial charge in [0, 0.05) is 12.7 Å². The van der Waals surface area contributed by atoms with Crippen LogP contribution in [0.2, 0.25) is 0 Å². The maximum absolute atomic E-state index is 12.8. The number of alkyl halides is 3. The third-order valence-electron chi connectivity index (χ3n) is 4.67. The van der Waals surface area contributed by atoms with Gasteiger partial charge in [-0.05, 0) is 63.7 Å². The predicted octanol–water partition coefficient (Wildman–Crippen LogP) is 4.76. The number of hydrogen-bond donors (Lipinski definition) is 0. The van der Waals surface area contributed by atoms with Gasteiger partial charge in [-0.1, -0.05) is 6.08 Å². The van der Waals surface area contributed by atoms with Gasteiger partial charge in [-0.15, -0.1) is 0 Å². The van der Waals surface area contributed by atoms with E-state index in [-0.39, 0.29) is 17.8 Å². The SMILES string of the molecule is CC(C)(C)OC(=O)N1C[C@@H]2C[C@@H]2C[C@H]1/C=C/c1cc(C(F)(F)F)ccn1. The van der Waals surface area contributed by atoms with Crippen molar-refractivity contribution in [1.29, 1.82) is 0 Å². The Morgan fingerprint density at radius 1 is 1.27 bits per heavy atom. The van der Waals surface area contributed by atoms with E-state index < -0.39 is 17.3 Å². The molecule has 0 radical (unpaired) electrons. The number of hydrogen-bond acceptors (Lipinski definition) is 3. The van der Waals surface area contributed by atoms with Crippen molar-refractivity contribution in [3.63, 3.8) is 0 Å². The van der Waals surface area contributed by atoms with Gasteiger partial charge in [-0.3, -0.25) is 4.98 Å². The molecule has 1 aromatic heterocycles. The minimum atomic E-state index is -4.40. The molecule has 4 nitrogen and oxygen atoms in total. The highest BCUT2D eigenvalue weighted by molar-refractivity contribution is 5.69. The number of rotatable bonds is 2. The summed E-state index contributed by atoms with van der Waals surface area (Å²) >= 11 is 0. The van der Waals surface area contributed by atoms with Gasteiger partial charge < -0.3 is 9.64 Å². The minimum absolute atomic E-state index is 0.190. The van der Waals surface area contributed by atoms with Crippen molar-refractivity contribution in [2.75, 3.05) is 6.54 Å². The standard InChI is InChI=1S/C19H23F3N2O2/c1-18(2,3)26-17(25)24-11-13-8-12(13)9-16(24)5-4-15-10-14(6-7-23-15)19(20,21)22/h4-7,10,12-13,16H,8-9,11H2,1-3H3/b5-4+/t12-,13+,16-/m1/s1. The van der Waals surface area contributed by atoms with Crippen LogP contribution in [0.15, 0.2) is 24.4 Å². The van der Waals surface area contributed by atoms with Gasteiger partial charge in [0.1, 0.15) is 5.60 Å². The lowest BCUT2D eigenvalue weighted by Gasteiger charge is -2.35. The number of carbonyl (C=O) groups is 1. The molecule has 0 N–H and O–H groups in total. The third kappa shape index (κ3) is 4.56. The van der Waals surface area contributed by atoms with E-state index >= 15 is 0 Å². The molecule has 1 aliphatic heterocycles. The summed E-state index contributed by atoms with van der Waals surface area (Å²) < 4.78 is 43.9. The highest BCUT2D eigenvalue weighted by Crippen LogP contribution is 2.47.